The van der Waals surface area contributed by atoms with Gasteiger partial charge in [-0.05, 0) is 44.9 Å². The summed E-state index contributed by atoms with van der Waals surface area (Å²) < 4.78 is 0. The number of nitrogens with one attached hydrogen (secondary N) is 1. The van der Waals surface area contributed by atoms with Crippen molar-refractivity contribution in [2.75, 3.05) is 25.5 Å². The standard InChI is InChI=1S/C14H22N2/c1-12(16(2)11-13-8-9-13)10-15-14-6-4-3-5-7-14/h3-7,12-13,15H,8-11H2,1-2H3. The van der Waals surface area contributed by atoms with E-state index in [4.69, 9.17) is 0 Å². The molecule has 0 radical (unpaired) electrons. The molecule has 1 saturated carbocycles. The van der Waals surface area contributed by atoms with Gasteiger partial charge in [0.05, 0.1) is 0 Å². The van der Waals surface area contributed by atoms with Crippen molar-refractivity contribution in [2.24, 2.45) is 5.92 Å². The highest BCUT2D eigenvalue weighted by molar-refractivity contribution is 5.42. The average Bonchev–Trinajstić information content (AvgIpc) is 3.11. The molecule has 0 heterocycles. The van der Waals surface area contributed by atoms with E-state index in [2.05, 4.69) is 48.5 Å². The van der Waals surface area contributed by atoms with E-state index in [9.17, 15) is 0 Å². The number of para-hydroxylation sites is 1. The molecule has 2 heteroatoms. The van der Waals surface area contributed by atoms with Crippen molar-refractivity contribution in [2.45, 2.75) is 25.8 Å². The van der Waals surface area contributed by atoms with Crippen LogP contribution in [0.25, 0.3) is 0 Å². The Kier molecular flexibility index (Phi) is 3.83. The van der Waals surface area contributed by atoms with Crippen LogP contribution in [0.2, 0.25) is 0 Å². The van der Waals surface area contributed by atoms with Crippen LogP contribution in [0.15, 0.2) is 30.3 Å². The number of likely N-dealkylation sites (N-methyl/N-ethyl adjacent to an activating group) is 1. The first-order valence-electron chi connectivity index (χ1n) is 6.25. The Bertz CT molecular complexity index is 306. The molecule has 2 nitrogen and oxygen atoms in total. The average molecular weight is 218 g/mol. The summed E-state index contributed by atoms with van der Waals surface area (Å²) in [6.45, 7) is 4.57. The van der Waals surface area contributed by atoms with Gasteiger partial charge in [0.2, 0.25) is 0 Å². The van der Waals surface area contributed by atoms with Crippen molar-refractivity contribution in [1.29, 1.82) is 0 Å². The van der Waals surface area contributed by atoms with Crippen molar-refractivity contribution >= 4 is 5.69 Å². The molecule has 0 spiro atoms. The molecule has 1 aromatic carbocycles. The van der Waals surface area contributed by atoms with E-state index in [1.165, 1.54) is 25.1 Å². The molecule has 88 valence electrons. The van der Waals surface area contributed by atoms with Crippen LogP contribution in [-0.4, -0.2) is 31.1 Å². The summed E-state index contributed by atoms with van der Waals surface area (Å²) in [6.07, 6.45) is 2.87. The molecule has 1 unspecified atom stereocenters. The van der Waals surface area contributed by atoms with Crippen molar-refractivity contribution in [3.05, 3.63) is 30.3 Å². The molecule has 0 aromatic heterocycles. The van der Waals surface area contributed by atoms with Crippen LogP contribution in [-0.2, 0) is 0 Å². The highest BCUT2D eigenvalue weighted by atomic mass is 15.1. The number of rotatable bonds is 6. The normalized spacial score (nSPS) is 17.4. The minimum absolute atomic E-state index is 0.598. The number of hydrogen-bond acceptors (Lipinski definition) is 2. The second-order valence-corrected chi connectivity index (χ2v) is 4.98. The molecule has 1 aliphatic carbocycles. The van der Waals surface area contributed by atoms with E-state index in [0.717, 1.165) is 12.5 Å². The van der Waals surface area contributed by atoms with Crippen molar-refractivity contribution < 1.29 is 0 Å². The third-order valence-corrected chi connectivity index (χ3v) is 3.37. The van der Waals surface area contributed by atoms with Crippen molar-refractivity contribution in [1.82, 2.24) is 4.90 Å². The first-order valence-corrected chi connectivity index (χ1v) is 6.25. The number of hydrogen-bond donors (Lipinski definition) is 1. The van der Waals surface area contributed by atoms with Crippen LogP contribution in [0.4, 0.5) is 5.69 Å². The molecular formula is C14H22N2. The third kappa shape index (κ3) is 3.53. The first kappa shape index (κ1) is 11.5. The van der Waals surface area contributed by atoms with Gasteiger partial charge in [-0.15, -0.1) is 0 Å². The predicted octanol–water partition coefficient (Wildman–Crippen LogP) is 2.83. The fourth-order valence-corrected chi connectivity index (χ4v) is 1.87. The smallest absolute Gasteiger partial charge is 0.0340 e. The van der Waals surface area contributed by atoms with Gasteiger partial charge < -0.3 is 10.2 Å². The quantitative estimate of drug-likeness (QED) is 0.790. The van der Waals surface area contributed by atoms with Crippen molar-refractivity contribution in [3.63, 3.8) is 0 Å². The molecule has 1 aliphatic rings. The summed E-state index contributed by atoms with van der Waals surface area (Å²) >= 11 is 0. The predicted molar refractivity (Wildman–Crippen MR) is 69.7 cm³/mol. The Balaban J connectivity index is 1.72. The summed E-state index contributed by atoms with van der Waals surface area (Å²) in [6, 6.07) is 11.0. The van der Waals surface area contributed by atoms with Crippen LogP contribution >= 0.6 is 0 Å². The Morgan fingerprint density at radius 1 is 1.31 bits per heavy atom. The van der Waals surface area contributed by atoms with E-state index in [1.54, 1.807) is 0 Å². The maximum Gasteiger partial charge on any atom is 0.0340 e. The van der Waals surface area contributed by atoms with Gasteiger partial charge in [-0.1, -0.05) is 18.2 Å². The zero-order valence-corrected chi connectivity index (χ0v) is 10.3. The second-order valence-electron chi connectivity index (χ2n) is 4.98. The first-order chi connectivity index (χ1) is 7.75. The van der Waals surface area contributed by atoms with Gasteiger partial charge in [0.1, 0.15) is 0 Å². The molecule has 2 rings (SSSR count). The lowest BCUT2D eigenvalue weighted by molar-refractivity contribution is 0.257. The van der Waals surface area contributed by atoms with Gasteiger partial charge >= 0.3 is 0 Å². The largest absolute Gasteiger partial charge is 0.383 e. The van der Waals surface area contributed by atoms with Gasteiger partial charge in [-0.2, -0.15) is 0 Å². The lowest BCUT2D eigenvalue weighted by atomic mass is 10.2. The van der Waals surface area contributed by atoms with Gasteiger partial charge in [0.25, 0.3) is 0 Å². The zero-order valence-electron chi connectivity index (χ0n) is 10.3. The minimum atomic E-state index is 0.598. The zero-order chi connectivity index (χ0) is 11.4. The summed E-state index contributed by atoms with van der Waals surface area (Å²) in [7, 11) is 2.23. The lowest BCUT2D eigenvalue weighted by Crippen LogP contribution is -2.36. The van der Waals surface area contributed by atoms with Gasteiger partial charge in [-0.3, -0.25) is 0 Å². The van der Waals surface area contributed by atoms with E-state index in [1.807, 2.05) is 6.07 Å². The highest BCUT2D eigenvalue weighted by Crippen LogP contribution is 2.29. The number of nitrogens with zero attached hydrogens (tertiary/aromatic N) is 1. The molecule has 1 aromatic rings. The molecule has 0 saturated heterocycles. The van der Waals surface area contributed by atoms with Crippen LogP contribution in [0.3, 0.4) is 0 Å². The van der Waals surface area contributed by atoms with Crippen molar-refractivity contribution in [3.8, 4) is 0 Å². The molecule has 1 atom stereocenters. The van der Waals surface area contributed by atoms with Crippen LogP contribution < -0.4 is 5.32 Å². The molecule has 1 N–H and O–H groups in total. The van der Waals surface area contributed by atoms with E-state index < -0.39 is 0 Å². The number of anilines is 1. The molecule has 16 heavy (non-hydrogen) atoms. The van der Waals surface area contributed by atoms with Crippen LogP contribution in [0, 0.1) is 5.92 Å². The molecule has 0 aliphatic heterocycles. The van der Waals surface area contributed by atoms with E-state index in [-0.39, 0.29) is 0 Å². The molecule has 0 amide bonds. The third-order valence-electron chi connectivity index (χ3n) is 3.37. The molecule has 1 fully saturated rings. The Hall–Kier alpha value is -1.02. The summed E-state index contributed by atoms with van der Waals surface area (Å²) in [5.41, 5.74) is 1.22. The SMILES string of the molecule is CC(CNc1ccccc1)N(C)CC1CC1. The van der Waals surface area contributed by atoms with E-state index in [0.29, 0.717) is 6.04 Å². The van der Waals surface area contributed by atoms with Gasteiger partial charge in [0, 0.05) is 24.8 Å². The Morgan fingerprint density at radius 3 is 2.62 bits per heavy atom. The summed E-state index contributed by atoms with van der Waals surface area (Å²) in [4.78, 5) is 2.47. The maximum absolute atomic E-state index is 3.48. The lowest BCUT2D eigenvalue weighted by Gasteiger charge is -2.25. The monoisotopic (exact) mass is 218 g/mol. The fourth-order valence-electron chi connectivity index (χ4n) is 1.87. The molecular weight excluding hydrogens is 196 g/mol. The minimum Gasteiger partial charge on any atom is -0.383 e. The van der Waals surface area contributed by atoms with Crippen LogP contribution in [0.1, 0.15) is 19.8 Å². The molecule has 0 bridgehead atoms. The Labute approximate surface area is 98.7 Å². The summed E-state index contributed by atoms with van der Waals surface area (Å²) in [5.74, 6) is 0.976. The summed E-state index contributed by atoms with van der Waals surface area (Å²) in [5, 5.41) is 3.48. The topological polar surface area (TPSA) is 15.3 Å². The second kappa shape index (κ2) is 5.35. The van der Waals surface area contributed by atoms with E-state index >= 15 is 0 Å². The Morgan fingerprint density at radius 2 is 2.00 bits per heavy atom. The fraction of sp³-hybridized carbons (Fsp3) is 0.571. The number of benzene rings is 1. The van der Waals surface area contributed by atoms with Gasteiger partial charge in [0.15, 0.2) is 0 Å². The van der Waals surface area contributed by atoms with Crippen LogP contribution in [0.5, 0.6) is 0 Å². The highest BCUT2D eigenvalue weighted by Gasteiger charge is 2.24. The van der Waals surface area contributed by atoms with Gasteiger partial charge in [-0.25, -0.2) is 0 Å². The maximum atomic E-state index is 3.48.